The third-order valence-electron chi connectivity index (χ3n) is 6.07. The number of amidine groups is 1. The zero-order valence-electron chi connectivity index (χ0n) is 16.3. The summed E-state index contributed by atoms with van der Waals surface area (Å²) < 4.78 is 5.02. The Morgan fingerprint density at radius 2 is 1.93 bits per heavy atom. The number of carbonyl (C=O) groups is 4. The number of imide groups is 1. The van der Waals surface area contributed by atoms with Gasteiger partial charge >= 0.3 is 5.97 Å². The van der Waals surface area contributed by atoms with Crippen molar-refractivity contribution in [3.8, 4) is 0 Å². The maximum Gasteiger partial charge on any atom is 0.332 e. The number of ketones is 1. The molecular formula is C20H21N3O5S. The second kappa shape index (κ2) is 6.98. The van der Waals surface area contributed by atoms with E-state index in [0.717, 1.165) is 4.90 Å². The first-order chi connectivity index (χ1) is 13.8. The van der Waals surface area contributed by atoms with Crippen LogP contribution in [0.1, 0.15) is 17.3 Å². The average molecular weight is 415 g/mol. The molecule has 4 rings (SSSR count). The van der Waals surface area contributed by atoms with E-state index in [9.17, 15) is 19.2 Å². The summed E-state index contributed by atoms with van der Waals surface area (Å²) in [5.41, 5.74) is -0.754. The van der Waals surface area contributed by atoms with Crippen molar-refractivity contribution in [1.29, 1.82) is 0 Å². The topological polar surface area (TPSA) is 96.4 Å². The number of fused-ring (bicyclic) bond motifs is 3. The normalized spacial score (nSPS) is 30.3. The molecule has 0 unspecified atom stereocenters. The minimum absolute atomic E-state index is 0.0622. The molecule has 8 nitrogen and oxygen atoms in total. The fourth-order valence-corrected chi connectivity index (χ4v) is 5.69. The molecule has 9 heteroatoms. The molecule has 0 bridgehead atoms. The summed E-state index contributed by atoms with van der Waals surface area (Å²) in [6.07, 6.45) is 0. The highest BCUT2D eigenvalue weighted by Crippen LogP contribution is 2.51. The van der Waals surface area contributed by atoms with Crippen LogP contribution in [0.3, 0.4) is 0 Å². The van der Waals surface area contributed by atoms with Crippen molar-refractivity contribution >= 4 is 40.5 Å². The Kier molecular flexibility index (Phi) is 4.72. The molecule has 152 valence electrons. The largest absolute Gasteiger partial charge is 0.467 e. The lowest BCUT2D eigenvalue weighted by atomic mass is 9.81. The molecule has 3 aliphatic heterocycles. The minimum atomic E-state index is -1.35. The van der Waals surface area contributed by atoms with Gasteiger partial charge in [0.05, 0.1) is 37.3 Å². The lowest BCUT2D eigenvalue weighted by molar-refractivity contribution is -0.156. The summed E-state index contributed by atoms with van der Waals surface area (Å²) in [6.45, 7) is 1.92. The minimum Gasteiger partial charge on any atom is -0.467 e. The highest BCUT2D eigenvalue weighted by molar-refractivity contribution is 8.14. The van der Waals surface area contributed by atoms with Gasteiger partial charge in [-0.25, -0.2) is 4.79 Å². The number of benzene rings is 1. The highest BCUT2D eigenvalue weighted by Gasteiger charge is 2.71. The monoisotopic (exact) mass is 415 g/mol. The summed E-state index contributed by atoms with van der Waals surface area (Å²) in [5, 5.41) is 0.491. The van der Waals surface area contributed by atoms with Gasteiger partial charge in [-0.3, -0.25) is 24.3 Å². The first-order valence-electron chi connectivity index (χ1n) is 9.27. The van der Waals surface area contributed by atoms with Crippen LogP contribution in [0, 0.1) is 11.8 Å². The van der Waals surface area contributed by atoms with Gasteiger partial charge in [-0.05, 0) is 6.92 Å². The number of Topliss-reactive ketones (excluding diaryl/α,β-unsaturated/α-hetero) is 1. The van der Waals surface area contributed by atoms with Gasteiger partial charge in [0, 0.05) is 12.6 Å². The van der Waals surface area contributed by atoms with E-state index in [-0.39, 0.29) is 23.4 Å². The smallest absolute Gasteiger partial charge is 0.332 e. The number of aliphatic imine (C=N–C) groups is 1. The molecule has 29 heavy (non-hydrogen) atoms. The Bertz CT molecular complexity index is 933. The Hall–Kier alpha value is -2.68. The third-order valence-corrected chi connectivity index (χ3v) is 7.06. The van der Waals surface area contributed by atoms with E-state index in [1.165, 1.54) is 25.9 Å². The second-order valence-electron chi connectivity index (χ2n) is 7.52. The fraction of sp³-hybridized carbons (Fsp3) is 0.450. The van der Waals surface area contributed by atoms with E-state index in [4.69, 9.17) is 4.74 Å². The van der Waals surface area contributed by atoms with E-state index in [2.05, 4.69) is 4.99 Å². The van der Waals surface area contributed by atoms with E-state index < -0.39 is 29.4 Å². The van der Waals surface area contributed by atoms with E-state index in [1.54, 1.807) is 36.1 Å². The second-order valence-corrected chi connectivity index (χ2v) is 8.46. The number of methoxy groups -OCH3 is 1. The SMILES string of the molecule is COC(=O)[C@@]1(C)[C@H]2C(=O)N(C)C(=O)[C@H]2[C@H]2CN=C(SCC(=O)c3ccccc3)N21. The molecule has 4 atom stereocenters. The highest BCUT2D eigenvalue weighted by atomic mass is 32.2. The lowest BCUT2D eigenvalue weighted by Gasteiger charge is -2.37. The van der Waals surface area contributed by atoms with Crippen molar-refractivity contribution in [3.63, 3.8) is 0 Å². The van der Waals surface area contributed by atoms with Crippen LogP contribution in [0.15, 0.2) is 35.3 Å². The average Bonchev–Trinajstić information content (AvgIpc) is 3.34. The predicted octanol–water partition coefficient (Wildman–Crippen LogP) is 0.819. The number of thioether (sulfide) groups is 1. The van der Waals surface area contributed by atoms with Crippen LogP contribution >= 0.6 is 11.8 Å². The van der Waals surface area contributed by atoms with E-state index in [1.807, 2.05) is 6.07 Å². The number of carbonyl (C=O) groups excluding carboxylic acids is 4. The number of esters is 1. The van der Waals surface area contributed by atoms with E-state index in [0.29, 0.717) is 17.3 Å². The quantitative estimate of drug-likeness (QED) is 0.408. The van der Waals surface area contributed by atoms with Gasteiger partial charge in [-0.1, -0.05) is 42.1 Å². The summed E-state index contributed by atoms with van der Waals surface area (Å²) in [7, 11) is 2.70. The zero-order chi connectivity index (χ0) is 20.9. The molecule has 2 fully saturated rings. The van der Waals surface area contributed by atoms with Gasteiger partial charge < -0.3 is 9.64 Å². The van der Waals surface area contributed by atoms with Crippen molar-refractivity contribution in [3.05, 3.63) is 35.9 Å². The maximum absolute atomic E-state index is 12.8. The summed E-state index contributed by atoms with van der Waals surface area (Å²) in [4.78, 5) is 58.1. The summed E-state index contributed by atoms with van der Waals surface area (Å²) >= 11 is 1.22. The Morgan fingerprint density at radius 1 is 1.24 bits per heavy atom. The molecule has 3 heterocycles. The standard InChI is InChI=1S/C20H21N3O5S/c1-20(18(27)28-3)15-14(16(25)22(2)17(15)26)12-9-21-19(23(12)20)29-10-13(24)11-7-5-4-6-8-11/h4-8,12,14-15H,9-10H2,1-3H3/t12-,14+,15-,20-/m1/s1. The molecular weight excluding hydrogens is 394 g/mol. The van der Waals surface area contributed by atoms with Crippen LogP contribution < -0.4 is 0 Å². The molecule has 3 aliphatic rings. The van der Waals surface area contributed by atoms with Gasteiger partial charge in [-0.2, -0.15) is 0 Å². The van der Waals surface area contributed by atoms with Crippen LogP contribution in [0.25, 0.3) is 0 Å². The fourth-order valence-electron chi connectivity index (χ4n) is 4.64. The third kappa shape index (κ3) is 2.71. The molecule has 0 aliphatic carbocycles. The summed E-state index contributed by atoms with van der Waals surface area (Å²) in [5.74, 6) is -2.67. The van der Waals surface area contributed by atoms with Crippen LogP contribution in [-0.2, 0) is 19.1 Å². The number of amides is 2. The number of likely N-dealkylation sites (tertiary alicyclic amines) is 1. The molecule has 0 radical (unpaired) electrons. The van der Waals surface area contributed by atoms with Gasteiger partial charge in [-0.15, -0.1) is 0 Å². The van der Waals surface area contributed by atoms with Crippen LogP contribution in [0.2, 0.25) is 0 Å². The van der Waals surface area contributed by atoms with Crippen LogP contribution in [0.5, 0.6) is 0 Å². The molecule has 2 amide bonds. The number of nitrogens with zero attached hydrogens (tertiary/aromatic N) is 3. The Morgan fingerprint density at radius 3 is 2.59 bits per heavy atom. The van der Waals surface area contributed by atoms with Crippen LogP contribution in [0.4, 0.5) is 0 Å². The number of rotatable bonds is 4. The van der Waals surface area contributed by atoms with Gasteiger partial charge in [0.1, 0.15) is 5.54 Å². The first kappa shape index (κ1) is 19.6. The lowest BCUT2D eigenvalue weighted by Crippen LogP contribution is -2.57. The maximum atomic E-state index is 12.8. The van der Waals surface area contributed by atoms with Gasteiger partial charge in [0.2, 0.25) is 11.8 Å². The molecule has 2 saturated heterocycles. The zero-order valence-corrected chi connectivity index (χ0v) is 17.1. The molecule has 1 aromatic carbocycles. The predicted molar refractivity (Wildman–Crippen MR) is 106 cm³/mol. The van der Waals surface area contributed by atoms with Crippen LogP contribution in [-0.4, -0.2) is 76.6 Å². The van der Waals surface area contributed by atoms with Gasteiger partial charge in [0.25, 0.3) is 0 Å². The Labute approximate surface area is 172 Å². The van der Waals surface area contributed by atoms with Gasteiger partial charge in [0.15, 0.2) is 11.0 Å². The number of hydrogen-bond donors (Lipinski definition) is 0. The van der Waals surface area contributed by atoms with E-state index >= 15 is 0 Å². The van der Waals surface area contributed by atoms with Crippen molar-refractivity contribution in [1.82, 2.24) is 9.80 Å². The molecule has 0 N–H and O–H groups in total. The number of hydrogen-bond acceptors (Lipinski definition) is 8. The number of ether oxygens (including phenoxy) is 1. The summed E-state index contributed by atoms with van der Waals surface area (Å²) in [6, 6.07) is 8.52. The van der Waals surface area contributed by atoms with Crippen molar-refractivity contribution in [2.75, 3.05) is 26.5 Å². The van der Waals surface area contributed by atoms with Crippen molar-refractivity contribution < 1.29 is 23.9 Å². The molecule has 0 aromatic heterocycles. The van der Waals surface area contributed by atoms with Crippen molar-refractivity contribution in [2.45, 2.75) is 18.5 Å². The molecule has 1 aromatic rings. The van der Waals surface area contributed by atoms with Crippen molar-refractivity contribution in [2.24, 2.45) is 16.8 Å². The first-order valence-corrected chi connectivity index (χ1v) is 10.3. The Balaban J connectivity index is 1.62. The molecule has 0 saturated carbocycles. The molecule has 0 spiro atoms.